The summed E-state index contributed by atoms with van der Waals surface area (Å²) in [6, 6.07) is 19.7. The van der Waals surface area contributed by atoms with Gasteiger partial charge in [0.2, 0.25) is 0 Å². The molecule has 30 heavy (non-hydrogen) atoms. The summed E-state index contributed by atoms with van der Waals surface area (Å²) in [6.45, 7) is 0. The number of carbonyl (C=O) groups is 1. The molecule has 0 fully saturated rings. The number of nitrogens with one attached hydrogen (secondary N) is 1. The molecular weight excluding hydrogens is 388 g/mol. The van der Waals surface area contributed by atoms with Crippen LogP contribution in [0.15, 0.2) is 79.0 Å². The molecule has 4 aromatic rings. The Kier molecular flexibility index (Phi) is 5.26. The average Bonchev–Trinajstić information content (AvgIpc) is 3.22. The molecule has 0 aliphatic carbocycles. The number of rotatable bonds is 5. The number of halogens is 2. The van der Waals surface area contributed by atoms with Crippen molar-refractivity contribution < 1.29 is 18.3 Å². The topological polar surface area (TPSA) is 56.2 Å². The Hall–Kier alpha value is -4.00. The maximum absolute atomic E-state index is 13.5. The van der Waals surface area contributed by atoms with Gasteiger partial charge in [0.25, 0.3) is 5.91 Å². The predicted molar refractivity (Wildman–Crippen MR) is 110 cm³/mol. The van der Waals surface area contributed by atoms with Crippen LogP contribution in [0.25, 0.3) is 16.9 Å². The van der Waals surface area contributed by atoms with Crippen LogP contribution in [0.4, 0.5) is 14.5 Å². The van der Waals surface area contributed by atoms with E-state index >= 15 is 0 Å². The number of aromatic nitrogens is 2. The SMILES string of the molecule is COc1ccccc1-c1nn(-c2ccccc2)cc1C(=O)Nc1ccc(F)c(F)c1. The maximum atomic E-state index is 13.5. The molecule has 150 valence electrons. The molecule has 0 spiro atoms. The lowest BCUT2D eigenvalue weighted by molar-refractivity contribution is 0.102. The second-order valence-corrected chi connectivity index (χ2v) is 6.45. The van der Waals surface area contributed by atoms with E-state index in [1.165, 1.54) is 13.2 Å². The standard InChI is InChI=1S/C23H17F2N3O2/c1-30-21-10-6-5-9-17(21)22-18(14-28(27-22)16-7-3-2-4-8-16)23(29)26-15-11-12-19(24)20(25)13-15/h2-14H,1H3,(H,26,29). The van der Waals surface area contributed by atoms with Crippen molar-refractivity contribution in [3.63, 3.8) is 0 Å². The molecule has 7 heteroatoms. The number of carbonyl (C=O) groups excluding carboxylic acids is 1. The number of anilines is 1. The Labute approximate surface area is 171 Å². The minimum Gasteiger partial charge on any atom is -0.496 e. The van der Waals surface area contributed by atoms with Gasteiger partial charge in [-0.2, -0.15) is 5.10 Å². The molecule has 1 aromatic heterocycles. The van der Waals surface area contributed by atoms with Crippen molar-refractivity contribution in [3.05, 3.63) is 96.2 Å². The molecule has 0 aliphatic rings. The third kappa shape index (κ3) is 3.77. The summed E-state index contributed by atoms with van der Waals surface area (Å²) in [6.07, 6.45) is 1.59. The van der Waals surface area contributed by atoms with E-state index in [0.717, 1.165) is 17.8 Å². The lowest BCUT2D eigenvalue weighted by Crippen LogP contribution is -2.12. The number of hydrogen-bond donors (Lipinski definition) is 1. The summed E-state index contributed by atoms with van der Waals surface area (Å²) < 4.78 is 33.8. The molecule has 1 N–H and O–H groups in total. The molecular formula is C23H17F2N3O2. The highest BCUT2D eigenvalue weighted by molar-refractivity contribution is 6.08. The Morgan fingerprint density at radius 3 is 2.43 bits per heavy atom. The van der Waals surface area contributed by atoms with E-state index in [-0.39, 0.29) is 11.3 Å². The molecule has 0 atom stereocenters. The first-order valence-corrected chi connectivity index (χ1v) is 9.11. The lowest BCUT2D eigenvalue weighted by atomic mass is 10.1. The van der Waals surface area contributed by atoms with Gasteiger partial charge in [-0.3, -0.25) is 4.79 Å². The Morgan fingerprint density at radius 2 is 1.70 bits per heavy atom. The molecule has 3 aromatic carbocycles. The summed E-state index contributed by atoms with van der Waals surface area (Å²) >= 11 is 0. The molecule has 0 unspecified atom stereocenters. The first kappa shape index (κ1) is 19.3. The van der Waals surface area contributed by atoms with E-state index in [0.29, 0.717) is 17.0 Å². The van der Waals surface area contributed by atoms with Crippen molar-refractivity contribution in [2.24, 2.45) is 0 Å². The lowest BCUT2D eigenvalue weighted by Gasteiger charge is -2.09. The van der Waals surface area contributed by atoms with Crippen LogP contribution in [0.3, 0.4) is 0 Å². The van der Waals surface area contributed by atoms with Crippen molar-refractivity contribution in [2.45, 2.75) is 0 Å². The van der Waals surface area contributed by atoms with E-state index in [2.05, 4.69) is 10.4 Å². The van der Waals surface area contributed by atoms with Gasteiger partial charge in [0.15, 0.2) is 11.6 Å². The third-order valence-electron chi connectivity index (χ3n) is 4.52. The molecule has 0 aliphatic heterocycles. The number of para-hydroxylation sites is 2. The van der Waals surface area contributed by atoms with Crippen LogP contribution in [-0.4, -0.2) is 22.8 Å². The first-order valence-electron chi connectivity index (χ1n) is 9.11. The third-order valence-corrected chi connectivity index (χ3v) is 4.52. The second-order valence-electron chi connectivity index (χ2n) is 6.45. The maximum Gasteiger partial charge on any atom is 0.259 e. The highest BCUT2D eigenvalue weighted by Gasteiger charge is 2.21. The van der Waals surface area contributed by atoms with E-state index in [9.17, 15) is 13.6 Å². The van der Waals surface area contributed by atoms with Crippen LogP contribution in [-0.2, 0) is 0 Å². The first-order chi connectivity index (χ1) is 14.6. The highest BCUT2D eigenvalue weighted by Crippen LogP contribution is 2.32. The number of amides is 1. The number of methoxy groups -OCH3 is 1. The summed E-state index contributed by atoms with van der Waals surface area (Å²) in [7, 11) is 1.54. The monoisotopic (exact) mass is 405 g/mol. The molecule has 0 saturated carbocycles. The molecule has 0 saturated heterocycles. The average molecular weight is 405 g/mol. The Bertz CT molecular complexity index is 1210. The number of hydrogen-bond acceptors (Lipinski definition) is 3. The summed E-state index contributed by atoms with van der Waals surface area (Å²) in [5, 5.41) is 7.19. The van der Waals surface area contributed by atoms with Crippen LogP contribution < -0.4 is 10.1 Å². The predicted octanol–water partition coefficient (Wildman–Crippen LogP) is 5.08. The van der Waals surface area contributed by atoms with Gasteiger partial charge >= 0.3 is 0 Å². The number of benzene rings is 3. The van der Waals surface area contributed by atoms with Gasteiger partial charge in [0.1, 0.15) is 11.4 Å². The molecule has 5 nitrogen and oxygen atoms in total. The van der Waals surface area contributed by atoms with Crippen molar-refractivity contribution in [1.82, 2.24) is 9.78 Å². The Balaban J connectivity index is 1.79. The zero-order chi connectivity index (χ0) is 21.1. The van der Waals surface area contributed by atoms with Crippen molar-refractivity contribution in [3.8, 4) is 22.7 Å². The van der Waals surface area contributed by atoms with Crippen LogP contribution in [0.5, 0.6) is 5.75 Å². The van der Waals surface area contributed by atoms with E-state index < -0.39 is 17.5 Å². The van der Waals surface area contributed by atoms with Crippen LogP contribution in [0, 0.1) is 11.6 Å². The van der Waals surface area contributed by atoms with Gasteiger partial charge in [-0.25, -0.2) is 13.5 Å². The quantitative estimate of drug-likeness (QED) is 0.504. The van der Waals surface area contributed by atoms with Crippen molar-refractivity contribution >= 4 is 11.6 Å². The Morgan fingerprint density at radius 1 is 0.967 bits per heavy atom. The summed E-state index contributed by atoms with van der Waals surface area (Å²) in [5.74, 6) is -1.99. The van der Waals surface area contributed by atoms with Gasteiger partial charge in [0, 0.05) is 23.5 Å². The van der Waals surface area contributed by atoms with Crippen LogP contribution >= 0.6 is 0 Å². The van der Waals surface area contributed by atoms with E-state index in [1.54, 1.807) is 23.0 Å². The molecule has 1 heterocycles. The number of nitrogens with zero attached hydrogens (tertiary/aromatic N) is 2. The van der Waals surface area contributed by atoms with Gasteiger partial charge in [0.05, 0.1) is 18.4 Å². The van der Waals surface area contributed by atoms with Gasteiger partial charge < -0.3 is 10.1 Å². The van der Waals surface area contributed by atoms with Crippen LogP contribution in [0.2, 0.25) is 0 Å². The fourth-order valence-corrected chi connectivity index (χ4v) is 3.06. The van der Waals surface area contributed by atoms with Gasteiger partial charge in [-0.05, 0) is 36.4 Å². The minimum absolute atomic E-state index is 0.136. The fraction of sp³-hybridized carbons (Fsp3) is 0.0435. The zero-order valence-corrected chi connectivity index (χ0v) is 16.0. The minimum atomic E-state index is -1.04. The van der Waals surface area contributed by atoms with E-state index in [4.69, 9.17) is 4.74 Å². The van der Waals surface area contributed by atoms with Gasteiger partial charge in [-0.15, -0.1) is 0 Å². The molecule has 0 bridgehead atoms. The largest absolute Gasteiger partial charge is 0.496 e. The molecule has 1 amide bonds. The highest BCUT2D eigenvalue weighted by atomic mass is 19.2. The molecule has 4 rings (SSSR count). The summed E-state index contributed by atoms with van der Waals surface area (Å²) in [5.41, 5.74) is 2.19. The summed E-state index contributed by atoms with van der Waals surface area (Å²) in [4.78, 5) is 13.0. The normalized spacial score (nSPS) is 10.6. The molecule has 0 radical (unpaired) electrons. The van der Waals surface area contributed by atoms with Crippen molar-refractivity contribution in [1.29, 1.82) is 0 Å². The zero-order valence-electron chi connectivity index (χ0n) is 16.0. The van der Waals surface area contributed by atoms with Gasteiger partial charge in [-0.1, -0.05) is 30.3 Å². The smallest absolute Gasteiger partial charge is 0.259 e. The van der Waals surface area contributed by atoms with Crippen LogP contribution in [0.1, 0.15) is 10.4 Å². The number of ether oxygens (including phenoxy) is 1. The second kappa shape index (κ2) is 8.16. The van der Waals surface area contributed by atoms with Crippen molar-refractivity contribution in [2.75, 3.05) is 12.4 Å². The fourth-order valence-electron chi connectivity index (χ4n) is 3.06. The van der Waals surface area contributed by atoms with E-state index in [1.807, 2.05) is 42.5 Å².